The molecule has 0 bridgehead atoms. The predicted octanol–water partition coefficient (Wildman–Crippen LogP) is 2.75. The number of nitrogens with one attached hydrogen (secondary N) is 1. The number of phenolic OH excluding ortho intramolecular Hbond substituents is 1. The molecule has 0 saturated heterocycles. The fraction of sp³-hybridized carbons (Fsp3) is 0.333. The number of aliphatic hydroxyl groups is 1. The largest absolute Gasteiger partial charge is 0.507 e. The van der Waals surface area contributed by atoms with Crippen molar-refractivity contribution in [2.24, 2.45) is 0 Å². The standard InChI is InChI=1S/C21H23N3O4/c1-2-3-18-16-9-17(20(26)10-19(16)23-22-18)21(27)24-11-13-4-5-15(28-7-6-25)8-14(13)12-24/h4-5,8-10,25-26H,2-3,6-7,11-12H2,1H3,(H,22,23). The molecule has 2 heterocycles. The number of ether oxygens (including phenoxy) is 1. The number of hydrogen-bond acceptors (Lipinski definition) is 5. The van der Waals surface area contributed by atoms with Gasteiger partial charge in [0.25, 0.3) is 5.91 Å². The van der Waals surface area contributed by atoms with Gasteiger partial charge in [-0.1, -0.05) is 19.4 Å². The molecule has 0 fully saturated rings. The Morgan fingerprint density at radius 2 is 2.07 bits per heavy atom. The number of amides is 1. The molecule has 4 rings (SSSR count). The number of aromatic hydroxyl groups is 1. The Bertz CT molecular complexity index is 1030. The predicted molar refractivity (Wildman–Crippen MR) is 104 cm³/mol. The van der Waals surface area contributed by atoms with Crippen LogP contribution in [0.25, 0.3) is 10.9 Å². The molecule has 1 aromatic heterocycles. The van der Waals surface area contributed by atoms with Crippen molar-refractivity contribution in [3.8, 4) is 11.5 Å². The van der Waals surface area contributed by atoms with Gasteiger partial charge < -0.3 is 19.8 Å². The second kappa shape index (κ2) is 7.52. The molecular weight excluding hydrogens is 358 g/mol. The maximum atomic E-state index is 13.1. The lowest BCUT2D eigenvalue weighted by Gasteiger charge is -2.16. The van der Waals surface area contributed by atoms with Crippen LogP contribution < -0.4 is 4.74 Å². The molecule has 3 N–H and O–H groups in total. The van der Waals surface area contributed by atoms with Crippen molar-refractivity contribution >= 4 is 16.8 Å². The first kappa shape index (κ1) is 18.3. The number of carbonyl (C=O) groups excluding carboxylic acids is 1. The minimum atomic E-state index is -0.211. The molecule has 0 atom stereocenters. The summed E-state index contributed by atoms with van der Waals surface area (Å²) in [7, 11) is 0. The Morgan fingerprint density at radius 1 is 1.25 bits per heavy atom. The highest BCUT2D eigenvalue weighted by Crippen LogP contribution is 2.32. The summed E-state index contributed by atoms with van der Waals surface area (Å²) in [6.07, 6.45) is 1.76. The molecule has 0 unspecified atom stereocenters. The average molecular weight is 381 g/mol. The van der Waals surface area contributed by atoms with Gasteiger partial charge in [0.15, 0.2) is 0 Å². The van der Waals surface area contributed by atoms with Crippen molar-refractivity contribution < 1.29 is 19.7 Å². The number of benzene rings is 2. The van der Waals surface area contributed by atoms with Gasteiger partial charge in [0.2, 0.25) is 0 Å². The van der Waals surface area contributed by atoms with E-state index in [1.54, 1.807) is 17.0 Å². The zero-order chi connectivity index (χ0) is 19.7. The summed E-state index contributed by atoms with van der Waals surface area (Å²) < 4.78 is 5.45. The highest BCUT2D eigenvalue weighted by atomic mass is 16.5. The van der Waals surface area contributed by atoms with E-state index < -0.39 is 0 Å². The Morgan fingerprint density at radius 3 is 2.86 bits per heavy atom. The third-order valence-corrected chi connectivity index (χ3v) is 5.02. The maximum Gasteiger partial charge on any atom is 0.258 e. The van der Waals surface area contributed by atoms with Gasteiger partial charge in [0.05, 0.1) is 23.4 Å². The van der Waals surface area contributed by atoms with Gasteiger partial charge in [-0.25, -0.2) is 0 Å². The van der Waals surface area contributed by atoms with Gasteiger partial charge in [0, 0.05) is 24.5 Å². The van der Waals surface area contributed by atoms with Gasteiger partial charge in [-0.3, -0.25) is 9.89 Å². The van der Waals surface area contributed by atoms with Crippen molar-refractivity contribution in [2.75, 3.05) is 13.2 Å². The third kappa shape index (κ3) is 3.29. The Kier molecular flexibility index (Phi) is 4.92. The molecule has 0 aliphatic carbocycles. The number of phenols is 1. The van der Waals surface area contributed by atoms with Gasteiger partial charge in [-0.05, 0) is 35.7 Å². The SMILES string of the molecule is CCCc1n[nH]c2cc(O)c(C(=O)N3Cc4ccc(OCCO)cc4C3)cc12. The normalized spacial score (nSPS) is 13.1. The lowest BCUT2D eigenvalue weighted by atomic mass is 10.1. The van der Waals surface area contributed by atoms with Crippen LogP contribution in [0.15, 0.2) is 30.3 Å². The molecule has 0 radical (unpaired) electrons. The van der Waals surface area contributed by atoms with Crippen LogP contribution in [-0.2, 0) is 19.5 Å². The van der Waals surface area contributed by atoms with E-state index in [-0.39, 0.29) is 30.4 Å². The van der Waals surface area contributed by atoms with Gasteiger partial charge in [0.1, 0.15) is 18.1 Å². The van der Waals surface area contributed by atoms with E-state index in [9.17, 15) is 9.90 Å². The summed E-state index contributed by atoms with van der Waals surface area (Å²) in [5.74, 6) is 0.415. The highest BCUT2D eigenvalue weighted by molar-refractivity contribution is 6.01. The molecule has 2 aromatic carbocycles. The molecule has 7 heteroatoms. The number of H-pyrrole nitrogens is 1. The quantitative estimate of drug-likeness (QED) is 0.610. The van der Waals surface area contributed by atoms with Crippen LogP contribution in [0, 0.1) is 0 Å². The van der Waals surface area contributed by atoms with Crippen molar-refractivity contribution in [3.05, 3.63) is 52.7 Å². The molecule has 1 amide bonds. The van der Waals surface area contributed by atoms with Crippen LogP contribution >= 0.6 is 0 Å². The fourth-order valence-corrected chi connectivity index (χ4v) is 3.64. The summed E-state index contributed by atoms with van der Waals surface area (Å²) in [4.78, 5) is 14.8. The number of aromatic amines is 1. The summed E-state index contributed by atoms with van der Waals surface area (Å²) in [6.45, 7) is 3.21. The molecule has 0 spiro atoms. The lowest BCUT2D eigenvalue weighted by molar-refractivity contribution is 0.0748. The molecule has 146 valence electrons. The van der Waals surface area contributed by atoms with Gasteiger partial charge in [-0.2, -0.15) is 5.10 Å². The van der Waals surface area contributed by atoms with Crippen molar-refractivity contribution in [3.63, 3.8) is 0 Å². The van der Waals surface area contributed by atoms with Crippen molar-refractivity contribution in [2.45, 2.75) is 32.9 Å². The summed E-state index contributed by atoms with van der Waals surface area (Å²) in [6, 6.07) is 8.98. The molecule has 1 aliphatic rings. The van der Waals surface area contributed by atoms with E-state index in [2.05, 4.69) is 17.1 Å². The zero-order valence-electron chi connectivity index (χ0n) is 15.7. The average Bonchev–Trinajstić information content (AvgIpc) is 3.29. The number of aromatic nitrogens is 2. The first-order chi connectivity index (χ1) is 13.6. The number of fused-ring (bicyclic) bond motifs is 2. The fourth-order valence-electron chi connectivity index (χ4n) is 3.64. The smallest absolute Gasteiger partial charge is 0.258 e. The lowest BCUT2D eigenvalue weighted by Crippen LogP contribution is -2.25. The van der Waals surface area contributed by atoms with E-state index in [0.29, 0.717) is 18.8 Å². The minimum absolute atomic E-state index is 0.0442. The topological polar surface area (TPSA) is 98.7 Å². The van der Waals surface area contributed by atoms with Gasteiger partial charge in [-0.15, -0.1) is 0 Å². The molecule has 3 aromatic rings. The summed E-state index contributed by atoms with van der Waals surface area (Å²) in [5, 5.41) is 27.4. The van der Waals surface area contributed by atoms with E-state index in [4.69, 9.17) is 9.84 Å². The second-order valence-corrected chi connectivity index (χ2v) is 7.00. The van der Waals surface area contributed by atoms with Crippen molar-refractivity contribution in [1.82, 2.24) is 15.1 Å². The number of aliphatic hydroxyl groups excluding tert-OH is 1. The van der Waals surface area contributed by atoms with E-state index in [0.717, 1.165) is 40.6 Å². The summed E-state index contributed by atoms with van der Waals surface area (Å²) in [5.41, 5.74) is 3.99. The monoisotopic (exact) mass is 381 g/mol. The zero-order valence-corrected chi connectivity index (χ0v) is 15.7. The van der Waals surface area contributed by atoms with Crippen LogP contribution in [0.1, 0.15) is 40.5 Å². The first-order valence-electron chi connectivity index (χ1n) is 9.45. The van der Waals surface area contributed by atoms with Crippen LogP contribution in [0.5, 0.6) is 11.5 Å². The molecule has 28 heavy (non-hydrogen) atoms. The first-order valence-corrected chi connectivity index (χ1v) is 9.45. The van der Waals surface area contributed by atoms with Gasteiger partial charge >= 0.3 is 0 Å². The Labute approximate surface area is 162 Å². The third-order valence-electron chi connectivity index (χ3n) is 5.02. The minimum Gasteiger partial charge on any atom is -0.507 e. The van der Waals surface area contributed by atoms with Crippen LogP contribution in [0.3, 0.4) is 0 Å². The molecule has 0 saturated carbocycles. The Hall–Kier alpha value is -3.06. The summed E-state index contributed by atoms with van der Waals surface area (Å²) >= 11 is 0. The van der Waals surface area contributed by atoms with E-state index in [1.807, 2.05) is 18.2 Å². The molecule has 1 aliphatic heterocycles. The number of nitrogens with zero attached hydrogens (tertiary/aromatic N) is 2. The van der Waals surface area contributed by atoms with E-state index >= 15 is 0 Å². The number of rotatable bonds is 6. The second-order valence-electron chi connectivity index (χ2n) is 7.00. The number of aryl methyl sites for hydroxylation is 1. The number of carbonyl (C=O) groups is 1. The van der Waals surface area contributed by atoms with Crippen LogP contribution in [-0.4, -0.2) is 44.4 Å². The molecular formula is C21H23N3O4. The maximum absolute atomic E-state index is 13.1. The van der Waals surface area contributed by atoms with E-state index in [1.165, 1.54) is 0 Å². The Balaban J connectivity index is 1.59. The van der Waals surface area contributed by atoms with Crippen molar-refractivity contribution in [1.29, 1.82) is 0 Å². The van der Waals surface area contributed by atoms with Crippen LogP contribution in [0.2, 0.25) is 0 Å². The number of hydrogen-bond donors (Lipinski definition) is 3. The molecule has 7 nitrogen and oxygen atoms in total. The highest BCUT2D eigenvalue weighted by Gasteiger charge is 2.27. The van der Waals surface area contributed by atoms with Crippen LogP contribution in [0.4, 0.5) is 0 Å².